The fourth-order valence-electron chi connectivity index (χ4n) is 3.62. The normalized spacial score (nSPS) is 10.5. The van der Waals surface area contributed by atoms with E-state index < -0.39 is 0 Å². The lowest BCUT2D eigenvalue weighted by molar-refractivity contribution is 0.259. The van der Waals surface area contributed by atoms with Crippen LogP contribution >= 0.6 is 36.4 Å². The molecule has 0 saturated carbocycles. The predicted octanol–water partition coefficient (Wildman–Crippen LogP) is 7.54. The van der Waals surface area contributed by atoms with E-state index in [9.17, 15) is 0 Å². The van der Waals surface area contributed by atoms with Gasteiger partial charge in [0.05, 0.1) is 6.61 Å². The minimum Gasteiger partial charge on any atom is -0.490 e. The maximum Gasteiger partial charge on any atom is 0.166 e. The highest BCUT2D eigenvalue weighted by atomic mass is 35.5. The Morgan fingerprint density at radius 2 is 1.47 bits per heavy atom. The molecule has 0 saturated heterocycles. The van der Waals surface area contributed by atoms with Gasteiger partial charge in [0.1, 0.15) is 6.61 Å². The molecule has 4 nitrogen and oxygen atoms in total. The molecule has 34 heavy (non-hydrogen) atoms. The fraction of sp³-hybridized carbons (Fsp3) is 0.556. The van der Waals surface area contributed by atoms with Gasteiger partial charge in [0.2, 0.25) is 0 Å². The van der Waals surface area contributed by atoms with Gasteiger partial charge in [-0.3, -0.25) is 0 Å². The summed E-state index contributed by atoms with van der Waals surface area (Å²) < 4.78 is 12.1. The number of ether oxygens (including phenoxy) is 2. The number of hydrogen-bond acceptors (Lipinski definition) is 4. The van der Waals surface area contributed by atoms with Crippen molar-refractivity contribution in [2.45, 2.75) is 66.0 Å². The molecule has 194 valence electrons. The number of nitrogens with one attached hydrogen (secondary N) is 1. The smallest absolute Gasteiger partial charge is 0.166 e. The van der Waals surface area contributed by atoms with Crippen LogP contribution in [-0.2, 0) is 13.2 Å². The Balaban J connectivity index is 0.00000544. The number of unbranched alkanes of at least 4 members (excludes halogenated alkanes) is 2. The minimum absolute atomic E-state index is 0. The molecule has 0 aliphatic heterocycles. The third kappa shape index (κ3) is 12.5. The van der Waals surface area contributed by atoms with E-state index in [1.54, 1.807) is 0 Å². The zero-order valence-electron chi connectivity index (χ0n) is 21.0. The van der Waals surface area contributed by atoms with Crippen LogP contribution in [0.15, 0.2) is 42.5 Å². The van der Waals surface area contributed by atoms with E-state index in [0.29, 0.717) is 13.2 Å². The summed E-state index contributed by atoms with van der Waals surface area (Å²) in [6.45, 7) is 13.0. The van der Waals surface area contributed by atoms with E-state index in [1.807, 2.05) is 43.3 Å². The van der Waals surface area contributed by atoms with Gasteiger partial charge in [0.15, 0.2) is 11.5 Å². The third-order valence-corrected chi connectivity index (χ3v) is 5.71. The SMILES string of the molecule is CCCCN(CCCC)CCCNCc1cccc(OCC)c1OCc1ccc(Cl)cc1.Cl.Cl. The summed E-state index contributed by atoms with van der Waals surface area (Å²) in [4.78, 5) is 2.62. The number of nitrogens with zero attached hydrogens (tertiary/aromatic N) is 1. The molecule has 0 amide bonds. The topological polar surface area (TPSA) is 33.7 Å². The quantitative estimate of drug-likeness (QED) is 0.213. The van der Waals surface area contributed by atoms with Crippen molar-refractivity contribution >= 4 is 36.4 Å². The first-order valence-electron chi connectivity index (χ1n) is 12.2. The molecule has 0 atom stereocenters. The fourth-order valence-corrected chi connectivity index (χ4v) is 3.75. The lowest BCUT2D eigenvalue weighted by Gasteiger charge is -2.22. The van der Waals surface area contributed by atoms with Crippen LogP contribution < -0.4 is 14.8 Å². The van der Waals surface area contributed by atoms with Crippen molar-refractivity contribution in [3.05, 3.63) is 58.6 Å². The van der Waals surface area contributed by atoms with E-state index in [4.69, 9.17) is 21.1 Å². The number of benzene rings is 2. The van der Waals surface area contributed by atoms with Crippen LogP contribution in [0, 0.1) is 0 Å². The molecule has 0 aliphatic carbocycles. The Labute approximate surface area is 224 Å². The van der Waals surface area contributed by atoms with Crippen LogP contribution in [0.1, 0.15) is 64.0 Å². The van der Waals surface area contributed by atoms with Gasteiger partial charge >= 0.3 is 0 Å². The summed E-state index contributed by atoms with van der Waals surface area (Å²) in [5.41, 5.74) is 2.21. The number of rotatable bonds is 17. The standard InChI is InChI=1S/C27H41ClN2O2.2ClH/c1-4-7-18-30(19-8-5-2)20-10-17-29-21-24-11-9-12-26(31-6-3)27(24)32-22-23-13-15-25(28)16-14-23;;/h9,11-16,29H,4-8,10,17-22H2,1-3H3;2*1H. The molecule has 0 fully saturated rings. The maximum atomic E-state index is 6.21. The van der Waals surface area contributed by atoms with Crippen LogP contribution in [-0.4, -0.2) is 37.7 Å². The summed E-state index contributed by atoms with van der Waals surface area (Å²) in [6.07, 6.45) is 6.25. The van der Waals surface area contributed by atoms with Crippen LogP contribution in [0.25, 0.3) is 0 Å². The molecular weight excluding hydrogens is 491 g/mol. The van der Waals surface area contributed by atoms with E-state index in [2.05, 4.69) is 30.1 Å². The molecule has 2 rings (SSSR count). The van der Waals surface area contributed by atoms with Crippen LogP contribution in [0.4, 0.5) is 0 Å². The van der Waals surface area contributed by atoms with Gasteiger partial charge in [0, 0.05) is 17.1 Å². The lowest BCUT2D eigenvalue weighted by atomic mass is 10.1. The Bertz CT molecular complexity index is 752. The van der Waals surface area contributed by atoms with E-state index >= 15 is 0 Å². The van der Waals surface area contributed by atoms with Crippen molar-refractivity contribution < 1.29 is 9.47 Å². The van der Waals surface area contributed by atoms with Crippen molar-refractivity contribution in [3.63, 3.8) is 0 Å². The molecule has 0 radical (unpaired) electrons. The van der Waals surface area contributed by atoms with Crippen LogP contribution in [0.2, 0.25) is 5.02 Å². The lowest BCUT2D eigenvalue weighted by Crippen LogP contribution is -2.29. The van der Waals surface area contributed by atoms with Crippen LogP contribution in [0.5, 0.6) is 11.5 Å². The van der Waals surface area contributed by atoms with Crippen LogP contribution in [0.3, 0.4) is 0 Å². The molecule has 0 heterocycles. The van der Waals surface area contributed by atoms with Crippen molar-refractivity contribution in [3.8, 4) is 11.5 Å². The highest BCUT2D eigenvalue weighted by Gasteiger charge is 2.12. The van der Waals surface area contributed by atoms with Crippen molar-refractivity contribution in [1.29, 1.82) is 0 Å². The molecule has 0 bridgehead atoms. The summed E-state index contributed by atoms with van der Waals surface area (Å²) in [5, 5.41) is 4.34. The number of para-hydroxylation sites is 1. The molecule has 7 heteroatoms. The maximum absolute atomic E-state index is 6.21. The zero-order chi connectivity index (χ0) is 23.0. The largest absolute Gasteiger partial charge is 0.490 e. The first-order valence-corrected chi connectivity index (χ1v) is 12.6. The second kappa shape index (κ2) is 20.1. The molecule has 0 aromatic heterocycles. The Hall–Kier alpha value is -1.17. The molecular formula is C27H43Cl3N2O2. The van der Waals surface area contributed by atoms with E-state index in [-0.39, 0.29) is 24.8 Å². The van der Waals surface area contributed by atoms with Gasteiger partial charge < -0.3 is 19.7 Å². The molecule has 0 aliphatic rings. The average molecular weight is 534 g/mol. The Kier molecular flexibility index (Phi) is 19.4. The van der Waals surface area contributed by atoms with Gasteiger partial charge in [0.25, 0.3) is 0 Å². The summed E-state index contributed by atoms with van der Waals surface area (Å²) in [6, 6.07) is 13.9. The first kappa shape index (κ1) is 32.8. The van der Waals surface area contributed by atoms with Gasteiger partial charge in [-0.15, -0.1) is 24.8 Å². The second-order valence-electron chi connectivity index (χ2n) is 8.17. The summed E-state index contributed by atoms with van der Waals surface area (Å²) >= 11 is 6.00. The Morgan fingerprint density at radius 1 is 0.824 bits per heavy atom. The summed E-state index contributed by atoms with van der Waals surface area (Å²) in [5.74, 6) is 1.62. The average Bonchev–Trinajstić information content (AvgIpc) is 2.80. The van der Waals surface area contributed by atoms with Gasteiger partial charge in [-0.2, -0.15) is 0 Å². The van der Waals surface area contributed by atoms with Crippen molar-refractivity contribution in [1.82, 2.24) is 10.2 Å². The van der Waals surface area contributed by atoms with Gasteiger partial charge in [-0.05, 0) is 76.1 Å². The van der Waals surface area contributed by atoms with E-state index in [0.717, 1.165) is 53.7 Å². The molecule has 1 N–H and O–H groups in total. The van der Waals surface area contributed by atoms with Gasteiger partial charge in [-0.25, -0.2) is 0 Å². The molecule has 2 aromatic rings. The molecule has 0 unspecified atom stereocenters. The Morgan fingerprint density at radius 3 is 2.09 bits per heavy atom. The monoisotopic (exact) mass is 532 g/mol. The summed E-state index contributed by atoms with van der Waals surface area (Å²) in [7, 11) is 0. The van der Waals surface area contributed by atoms with Crippen molar-refractivity contribution in [2.75, 3.05) is 32.8 Å². The van der Waals surface area contributed by atoms with Crippen molar-refractivity contribution in [2.24, 2.45) is 0 Å². The second-order valence-corrected chi connectivity index (χ2v) is 8.61. The van der Waals surface area contributed by atoms with E-state index in [1.165, 1.54) is 38.8 Å². The highest BCUT2D eigenvalue weighted by Crippen LogP contribution is 2.32. The predicted molar refractivity (Wildman–Crippen MR) is 150 cm³/mol. The van der Waals surface area contributed by atoms with Gasteiger partial charge in [-0.1, -0.05) is 62.6 Å². The first-order chi connectivity index (χ1) is 15.7. The third-order valence-electron chi connectivity index (χ3n) is 5.46. The zero-order valence-corrected chi connectivity index (χ0v) is 23.4. The molecule has 0 spiro atoms. The molecule has 2 aromatic carbocycles. The minimum atomic E-state index is 0. The highest BCUT2D eigenvalue weighted by molar-refractivity contribution is 6.30. The number of halogens is 3. The number of hydrogen-bond donors (Lipinski definition) is 1.